The number of imide groups is 1. The van der Waals surface area contributed by atoms with E-state index in [1.165, 1.54) is 12.0 Å². The Morgan fingerprint density at radius 1 is 1.27 bits per heavy atom. The van der Waals surface area contributed by atoms with Crippen LogP contribution in [-0.4, -0.2) is 49.2 Å². The van der Waals surface area contributed by atoms with Gasteiger partial charge in [-0.2, -0.15) is 0 Å². The van der Waals surface area contributed by atoms with Gasteiger partial charge in [-0.15, -0.1) is 0 Å². The highest BCUT2D eigenvalue weighted by Gasteiger charge is 2.47. The number of nitrogens with one attached hydrogen (secondary N) is 1. The highest BCUT2D eigenvalue weighted by atomic mass is 16.5. The molecule has 22 heavy (non-hydrogen) atoms. The third-order valence-corrected chi connectivity index (χ3v) is 3.66. The molecule has 120 valence electrons. The van der Waals surface area contributed by atoms with Crippen LogP contribution in [0.2, 0.25) is 0 Å². The Morgan fingerprint density at radius 2 is 2.00 bits per heavy atom. The van der Waals surface area contributed by atoms with Crippen molar-refractivity contribution in [2.75, 3.05) is 26.9 Å². The highest BCUT2D eigenvalue weighted by molar-refractivity contribution is 6.06. The Balaban J connectivity index is 1.83. The molecule has 1 atom stereocenters. The summed E-state index contributed by atoms with van der Waals surface area (Å²) in [5.41, 5.74) is 0.0908. The van der Waals surface area contributed by atoms with Gasteiger partial charge >= 0.3 is 6.03 Å². The van der Waals surface area contributed by atoms with Gasteiger partial charge in [-0.05, 0) is 31.9 Å². The molecule has 1 unspecified atom stereocenters. The molecule has 1 fully saturated rings. The van der Waals surface area contributed by atoms with E-state index >= 15 is 0 Å². The number of benzene rings is 1. The molecule has 6 nitrogen and oxygen atoms in total. The Bertz CT molecular complexity index is 561. The zero-order valence-corrected chi connectivity index (χ0v) is 13.2. The normalized spacial score (nSPS) is 21.1. The van der Waals surface area contributed by atoms with Gasteiger partial charge in [-0.25, -0.2) is 4.79 Å². The van der Waals surface area contributed by atoms with Gasteiger partial charge in [-0.1, -0.05) is 18.2 Å². The van der Waals surface area contributed by atoms with Gasteiger partial charge in [0, 0.05) is 13.7 Å². The maximum absolute atomic E-state index is 12.3. The Kier molecular flexibility index (Phi) is 5.03. The van der Waals surface area contributed by atoms with Crippen LogP contribution in [0.25, 0.3) is 0 Å². The highest BCUT2D eigenvalue weighted by Crippen LogP contribution is 2.19. The lowest BCUT2D eigenvalue weighted by Crippen LogP contribution is -2.48. The van der Waals surface area contributed by atoms with E-state index in [-0.39, 0.29) is 18.5 Å². The summed E-state index contributed by atoms with van der Waals surface area (Å²) < 4.78 is 10.7. The molecule has 0 aliphatic carbocycles. The van der Waals surface area contributed by atoms with Crippen LogP contribution in [0.1, 0.15) is 18.9 Å². The number of nitrogens with zero attached hydrogens (tertiary/aromatic N) is 1. The summed E-state index contributed by atoms with van der Waals surface area (Å²) in [5.74, 6) is 0.569. The predicted octanol–water partition coefficient (Wildman–Crippen LogP) is 1.72. The largest absolute Gasteiger partial charge is 0.493 e. The third kappa shape index (κ3) is 3.39. The molecule has 3 amide bonds. The molecule has 2 rings (SSSR count). The molecule has 1 N–H and O–H groups in total. The standard InChI is InChI=1S/C16H22N2O4/c1-12-7-4-5-8-13(12)22-10-6-9-18-14(19)16(2,11-21-3)17-15(18)20/h4-5,7-8H,6,9-11H2,1-3H3,(H,17,20). The first kappa shape index (κ1) is 16.3. The van der Waals surface area contributed by atoms with Gasteiger partial charge < -0.3 is 14.8 Å². The molecule has 1 heterocycles. The number of rotatable bonds is 7. The lowest BCUT2D eigenvalue weighted by molar-refractivity contribution is -0.132. The van der Waals surface area contributed by atoms with E-state index in [1.807, 2.05) is 31.2 Å². The van der Waals surface area contributed by atoms with Crippen LogP contribution in [0.4, 0.5) is 4.79 Å². The number of ether oxygens (including phenoxy) is 2. The van der Waals surface area contributed by atoms with Crippen molar-refractivity contribution < 1.29 is 19.1 Å². The third-order valence-electron chi connectivity index (χ3n) is 3.66. The van der Waals surface area contributed by atoms with E-state index < -0.39 is 5.54 Å². The van der Waals surface area contributed by atoms with Crippen LogP contribution in [0.5, 0.6) is 5.75 Å². The molecule has 0 aromatic heterocycles. The smallest absolute Gasteiger partial charge is 0.325 e. The second-order valence-electron chi connectivity index (χ2n) is 5.62. The Morgan fingerprint density at radius 3 is 2.68 bits per heavy atom. The van der Waals surface area contributed by atoms with Crippen LogP contribution in [0.3, 0.4) is 0 Å². The monoisotopic (exact) mass is 306 g/mol. The van der Waals surface area contributed by atoms with Crippen molar-refractivity contribution in [3.63, 3.8) is 0 Å². The zero-order chi connectivity index (χ0) is 16.2. The molecule has 0 spiro atoms. The maximum atomic E-state index is 12.3. The van der Waals surface area contributed by atoms with Gasteiger partial charge in [-0.3, -0.25) is 9.69 Å². The number of aryl methyl sites for hydroxylation is 1. The van der Waals surface area contributed by atoms with Gasteiger partial charge in [0.05, 0.1) is 13.2 Å². The summed E-state index contributed by atoms with van der Waals surface area (Å²) in [5, 5.41) is 2.67. The van der Waals surface area contributed by atoms with Crippen molar-refractivity contribution in [2.45, 2.75) is 25.8 Å². The van der Waals surface area contributed by atoms with Crippen LogP contribution >= 0.6 is 0 Å². The van der Waals surface area contributed by atoms with Crippen molar-refractivity contribution in [3.05, 3.63) is 29.8 Å². The van der Waals surface area contributed by atoms with E-state index in [2.05, 4.69) is 5.32 Å². The van der Waals surface area contributed by atoms with Gasteiger partial charge in [0.15, 0.2) is 0 Å². The second kappa shape index (κ2) is 6.79. The minimum absolute atomic E-state index is 0.160. The van der Waals surface area contributed by atoms with E-state index in [9.17, 15) is 9.59 Å². The first-order chi connectivity index (χ1) is 10.5. The number of urea groups is 1. The molecule has 1 aromatic rings. The first-order valence-electron chi connectivity index (χ1n) is 7.29. The molecule has 1 aliphatic heterocycles. The lowest BCUT2D eigenvalue weighted by atomic mass is 10.0. The van der Waals surface area contributed by atoms with E-state index in [0.717, 1.165) is 11.3 Å². The minimum Gasteiger partial charge on any atom is -0.493 e. The molecule has 1 aromatic carbocycles. The minimum atomic E-state index is -0.970. The van der Waals surface area contributed by atoms with Gasteiger partial charge in [0.1, 0.15) is 11.3 Å². The zero-order valence-electron chi connectivity index (χ0n) is 13.2. The molecule has 0 saturated carbocycles. The Hall–Kier alpha value is -2.08. The number of methoxy groups -OCH3 is 1. The second-order valence-corrected chi connectivity index (χ2v) is 5.62. The number of carbonyl (C=O) groups is 2. The summed E-state index contributed by atoms with van der Waals surface area (Å²) in [6.07, 6.45) is 0.580. The van der Waals surface area contributed by atoms with Gasteiger partial charge in [0.2, 0.25) is 0 Å². The summed E-state index contributed by atoms with van der Waals surface area (Å²) >= 11 is 0. The van der Waals surface area contributed by atoms with Crippen molar-refractivity contribution >= 4 is 11.9 Å². The molecule has 0 bridgehead atoms. The summed E-state index contributed by atoms with van der Waals surface area (Å²) in [7, 11) is 1.50. The number of hydrogen-bond donors (Lipinski definition) is 1. The van der Waals surface area contributed by atoms with Gasteiger partial charge in [0.25, 0.3) is 5.91 Å². The summed E-state index contributed by atoms with van der Waals surface area (Å²) in [4.78, 5) is 25.4. The molecule has 1 saturated heterocycles. The molecule has 0 radical (unpaired) electrons. The van der Waals surface area contributed by atoms with Crippen molar-refractivity contribution in [2.24, 2.45) is 0 Å². The fraction of sp³-hybridized carbons (Fsp3) is 0.500. The number of carbonyl (C=O) groups excluding carboxylic acids is 2. The first-order valence-corrected chi connectivity index (χ1v) is 7.29. The lowest BCUT2D eigenvalue weighted by Gasteiger charge is -2.20. The number of amides is 3. The van der Waals surface area contributed by atoms with Crippen molar-refractivity contribution in [3.8, 4) is 5.75 Å². The number of hydrogen-bond acceptors (Lipinski definition) is 4. The molecule has 1 aliphatic rings. The van der Waals surface area contributed by atoms with Crippen LogP contribution in [0, 0.1) is 6.92 Å². The average molecular weight is 306 g/mol. The fourth-order valence-electron chi connectivity index (χ4n) is 2.46. The summed E-state index contributed by atoms with van der Waals surface area (Å²) in [6.45, 7) is 4.58. The van der Waals surface area contributed by atoms with Crippen LogP contribution in [-0.2, 0) is 9.53 Å². The quantitative estimate of drug-likeness (QED) is 0.615. The summed E-state index contributed by atoms with van der Waals surface area (Å²) in [6, 6.07) is 7.37. The fourth-order valence-corrected chi connectivity index (χ4v) is 2.46. The van der Waals surface area contributed by atoms with E-state index in [0.29, 0.717) is 19.6 Å². The maximum Gasteiger partial charge on any atom is 0.325 e. The van der Waals surface area contributed by atoms with Crippen molar-refractivity contribution in [1.29, 1.82) is 0 Å². The molecular weight excluding hydrogens is 284 g/mol. The van der Waals surface area contributed by atoms with Crippen LogP contribution in [0.15, 0.2) is 24.3 Å². The topological polar surface area (TPSA) is 67.9 Å². The predicted molar refractivity (Wildman–Crippen MR) is 81.8 cm³/mol. The van der Waals surface area contributed by atoms with Crippen LogP contribution < -0.4 is 10.1 Å². The molecule has 6 heteroatoms. The van der Waals surface area contributed by atoms with Crippen molar-refractivity contribution in [1.82, 2.24) is 10.2 Å². The molecular formula is C16H22N2O4. The van der Waals surface area contributed by atoms with E-state index in [4.69, 9.17) is 9.47 Å². The van der Waals surface area contributed by atoms with E-state index in [1.54, 1.807) is 6.92 Å². The SMILES string of the molecule is COCC1(C)NC(=O)N(CCCOc2ccccc2C)C1=O. The Labute approximate surface area is 130 Å². The average Bonchev–Trinajstić information content (AvgIpc) is 2.68. The number of para-hydroxylation sites is 1.